The Kier molecular flexibility index (Phi) is 2.40. The topological polar surface area (TPSA) is 27.8 Å². The highest BCUT2D eigenvalue weighted by molar-refractivity contribution is 5.81. The van der Waals surface area contributed by atoms with Crippen LogP contribution in [0.2, 0.25) is 0 Å². The molecule has 1 aliphatic rings. The monoisotopic (exact) mass is 262 g/mol. The van der Waals surface area contributed by atoms with Crippen molar-refractivity contribution in [3.05, 3.63) is 64.8 Å². The summed E-state index contributed by atoms with van der Waals surface area (Å²) in [6.07, 6.45) is 1.06. The molecule has 0 radical (unpaired) electrons. The number of hydrogen-bond acceptors (Lipinski definition) is 1. The first-order valence-corrected chi connectivity index (χ1v) is 7.14. The second kappa shape index (κ2) is 4.14. The number of aryl methyl sites for hydroxylation is 2. The molecule has 0 bridgehead atoms. The van der Waals surface area contributed by atoms with Gasteiger partial charge in [-0.25, -0.2) is 0 Å². The van der Waals surface area contributed by atoms with Gasteiger partial charge in [-0.05, 0) is 49.1 Å². The maximum Gasteiger partial charge on any atom is 0.0704 e. The van der Waals surface area contributed by atoms with Crippen LogP contribution in [0.25, 0.3) is 10.9 Å². The van der Waals surface area contributed by atoms with E-state index in [1.807, 2.05) is 0 Å². The van der Waals surface area contributed by atoms with Crippen LogP contribution in [0.5, 0.6) is 0 Å². The lowest BCUT2D eigenvalue weighted by Crippen LogP contribution is -2.05. The van der Waals surface area contributed by atoms with E-state index in [4.69, 9.17) is 0 Å². The summed E-state index contributed by atoms with van der Waals surface area (Å²) < 4.78 is 0. The fourth-order valence-electron chi connectivity index (χ4n) is 3.14. The molecule has 2 heteroatoms. The number of H-pyrrole nitrogens is 1. The summed E-state index contributed by atoms with van der Waals surface area (Å²) in [7, 11) is 0. The van der Waals surface area contributed by atoms with E-state index in [0.717, 1.165) is 6.42 Å². The molecular formula is C18H18N2. The summed E-state index contributed by atoms with van der Waals surface area (Å²) >= 11 is 0. The Morgan fingerprint density at radius 1 is 0.950 bits per heavy atom. The number of aromatic nitrogens is 1. The SMILES string of the molecule is Cc1ccc2c(c1)C[C@@H](c1cc3cc(C)ccc3[nH]1)N2. The second-order valence-electron chi connectivity index (χ2n) is 5.88. The van der Waals surface area contributed by atoms with E-state index >= 15 is 0 Å². The van der Waals surface area contributed by atoms with Gasteiger partial charge >= 0.3 is 0 Å². The third-order valence-corrected chi connectivity index (χ3v) is 4.19. The van der Waals surface area contributed by atoms with Gasteiger partial charge in [-0.15, -0.1) is 0 Å². The van der Waals surface area contributed by atoms with Crippen molar-refractivity contribution in [3.8, 4) is 0 Å². The van der Waals surface area contributed by atoms with Gasteiger partial charge in [0.25, 0.3) is 0 Å². The maximum absolute atomic E-state index is 3.62. The molecule has 1 aromatic heterocycles. The highest BCUT2D eigenvalue weighted by atomic mass is 15.0. The van der Waals surface area contributed by atoms with Crippen molar-refractivity contribution >= 4 is 16.6 Å². The Bertz CT molecular complexity index is 798. The molecule has 1 aliphatic heterocycles. The Labute approximate surface area is 118 Å². The van der Waals surface area contributed by atoms with Crippen LogP contribution in [0.3, 0.4) is 0 Å². The molecule has 2 heterocycles. The third kappa shape index (κ3) is 1.80. The van der Waals surface area contributed by atoms with Gasteiger partial charge in [-0.2, -0.15) is 0 Å². The van der Waals surface area contributed by atoms with Crippen molar-refractivity contribution in [1.29, 1.82) is 0 Å². The lowest BCUT2D eigenvalue weighted by atomic mass is 10.1. The molecule has 2 nitrogen and oxygen atoms in total. The van der Waals surface area contributed by atoms with Gasteiger partial charge in [-0.1, -0.05) is 29.3 Å². The molecule has 0 amide bonds. The number of rotatable bonds is 1. The molecule has 100 valence electrons. The van der Waals surface area contributed by atoms with Crippen LogP contribution in [0.15, 0.2) is 42.5 Å². The summed E-state index contributed by atoms with van der Waals surface area (Å²) in [5, 5.41) is 4.92. The van der Waals surface area contributed by atoms with E-state index in [1.54, 1.807) is 0 Å². The molecule has 0 spiro atoms. The van der Waals surface area contributed by atoms with E-state index in [1.165, 1.54) is 39.0 Å². The molecule has 1 atom stereocenters. The number of benzene rings is 2. The minimum absolute atomic E-state index is 0.361. The van der Waals surface area contributed by atoms with E-state index in [9.17, 15) is 0 Å². The van der Waals surface area contributed by atoms with Crippen molar-refractivity contribution in [2.45, 2.75) is 26.3 Å². The first-order chi connectivity index (χ1) is 9.69. The zero-order chi connectivity index (χ0) is 13.7. The second-order valence-corrected chi connectivity index (χ2v) is 5.88. The van der Waals surface area contributed by atoms with Gasteiger partial charge in [-0.3, -0.25) is 0 Å². The number of fused-ring (bicyclic) bond motifs is 2. The zero-order valence-corrected chi connectivity index (χ0v) is 11.8. The van der Waals surface area contributed by atoms with Gasteiger partial charge in [0, 0.05) is 23.3 Å². The smallest absolute Gasteiger partial charge is 0.0704 e. The van der Waals surface area contributed by atoms with Crippen molar-refractivity contribution in [3.63, 3.8) is 0 Å². The van der Waals surface area contributed by atoms with Gasteiger partial charge in [0.2, 0.25) is 0 Å². The Hall–Kier alpha value is -2.22. The van der Waals surface area contributed by atoms with Crippen molar-refractivity contribution in [2.24, 2.45) is 0 Å². The molecule has 2 N–H and O–H groups in total. The molecule has 3 aromatic rings. The Morgan fingerprint density at radius 2 is 1.75 bits per heavy atom. The van der Waals surface area contributed by atoms with Crippen LogP contribution in [0.4, 0.5) is 5.69 Å². The summed E-state index contributed by atoms with van der Waals surface area (Å²) in [5.74, 6) is 0. The standard InChI is InChI=1S/C18H18N2/c1-11-3-5-15-13(7-11)9-17(19-15)18-10-14-8-12(2)4-6-16(14)20-18/h3-9,18-20H,10H2,1-2H3/t18-/m0/s1. The summed E-state index contributed by atoms with van der Waals surface area (Å²) in [6, 6.07) is 15.8. The first kappa shape index (κ1) is 11.6. The molecule has 0 saturated carbocycles. The predicted molar refractivity (Wildman–Crippen MR) is 84.3 cm³/mol. The summed E-state index contributed by atoms with van der Waals surface area (Å²) in [4.78, 5) is 3.55. The Balaban J connectivity index is 1.71. The van der Waals surface area contributed by atoms with Gasteiger partial charge < -0.3 is 10.3 Å². The largest absolute Gasteiger partial charge is 0.376 e. The van der Waals surface area contributed by atoms with Crippen LogP contribution in [-0.2, 0) is 6.42 Å². The van der Waals surface area contributed by atoms with Crippen molar-refractivity contribution in [2.75, 3.05) is 5.32 Å². The maximum atomic E-state index is 3.62. The average molecular weight is 262 g/mol. The van der Waals surface area contributed by atoms with Crippen LogP contribution in [0.1, 0.15) is 28.4 Å². The minimum atomic E-state index is 0.361. The summed E-state index contributed by atoms with van der Waals surface area (Å²) in [5.41, 5.74) is 7.83. The molecule has 0 unspecified atom stereocenters. The van der Waals surface area contributed by atoms with Crippen LogP contribution < -0.4 is 5.32 Å². The Morgan fingerprint density at radius 3 is 2.65 bits per heavy atom. The quantitative estimate of drug-likeness (QED) is 0.664. The lowest BCUT2D eigenvalue weighted by molar-refractivity contribution is 0.799. The van der Waals surface area contributed by atoms with E-state index in [2.05, 4.69) is 66.6 Å². The number of aromatic amines is 1. The minimum Gasteiger partial charge on any atom is -0.376 e. The summed E-state index contributed by atoms with van der Waals surface area (Å²) in [6.45, 7) is 4.29. The van der Waals surface area contributed by atoms with Crippen LogP contribution in [0, 0.1) is 13.8 Å². The molecule has 20 heavy (non-hydrogen) atoms. The van der Waals surface area contributed by atoms with Crippen molar-refractivity contribution in [1.82, 2.24) is 4.98 Å². The van der Waals surface area contributed by atoms with Crippen molar-refractivity contribution < 1.29 is 0 Å². The normalized spacial score (nSPS) is 17.2. The zero-order valence-electron chi connectivity index (χ0n) is 11.8. The number of hydrogen-bond donors (Lipinski definition) is 2. The van der Waals surface area contributed by atoms with Crippen LogP contribution >= 0.6 is 0 Å². The first-order valence-electron chi connectivity index (χ1n) is 7.14. The molecule has 0 fully saturated rings. The molecule has 0 aliphatic carbocycles. The van der Waals surface area contributed by atoms with Gasteiger partial charge in [0.1, 0.15) is 0 Å². The third-order valence-electron chi connectivity index (χ3n) is 4.19. The van der Waals surface area contributed by atoms with Crippen LogP contribution in [-0.4, -0.2) is 4.98 Å². The molecule has 2 aromatic carbocycles. The highest BCUT2D eigenvalue weighted by Crippen LogP contribution is 2.35. The molecule has 4 rings (SSSR count). The van der Waals surface area contributed by atoms with Gasteiger partial charge in [0.15, 0.2) is 0 Å². The fourth-order valence-corrected chi connectivity index (χ4v) is 3.14. The molecular weight excluding hydrogens is 244 g/mol. The predicted octanol–water partition coefficient (Wildman–Crippen LogP) is 4.49. The van der Waals surface area contributed by atoms with E-state index in [0.29, 0.717) is 6.04 Å². The number of anilines is 1. The lowest BCUT2D eigenvalue weighted by Gasteiger charge is -2.08. The highest BCUT2D eigenvalue weighted by Gasteiger charge is 2.23. The fraction of sp³-hybridized carbons (Fsp3) is 0.222. The van der Waals surface area contributed by atoms with Gasteiger partial charge in [0.05, 0.1) is 6.04 Å². The van der Waals surface area contributed by atoms with E-state index in [-0.39, 0.29) is 0 Å². The average Bonchev–Trinajstić information content (AvgIpc) is 3.00. The number of nitrogens with one attached hydrogen (secondary N) is 2. The van der Waals surface area contributed by atoms with E-state index < -0.39 is 0 Å². The molecule has 0 saturated heterocycles.